The lowest BCUT2D eigenvalue weighted by Gasteiger charge is -2.07. The quantitative estimate of drug-likeness (QED) is 0.295. The molecular formula is C24H22N4O2S3. The molecule has 4 aromatic rings. The lowest BCUT2D eigenvalue weighted by Crippen LogP contribution is -2.21. The van der Waals surface area contributed by atoms with Crippen LogP contribution in [0.3, 0.4) is 0 Å². The van der Waals surface area contributed by atoms with Crippen molar-refractivity contribution in [1.29, 1.82) is 5.26 Å². The van der Waals surface area contributed by atoms with Gasteiger partial charge in [0.05, 0.1) is 16.7 Å². The highest BCUT2D eigenvalue weighted by Gasteiger charge is 2.19. The van der Waals surface area contributed by atoms with Crippen LogP contribution in [0.4, 0.5) is 5.00 Å². The first-order valence-electron chi connectivity index (χ1n) is 10.3. The minimum atomic E-state index is -0.239. The Hall–Kier alpha value is -2.93. The molecule has 3 heterocycles. The average molecular weight is 495 g/mol. The molecule has 1 aromatic carbocycles. The van der Waals surface area contributed by atoms with Crippen molar-refractivity contribution >= 4 is 55.6 Å². The summed E-state index contributed by atoms with van der Waals surface area (Å²) in [5, 5.41) is 14.2. The zero-order chi connectivity index (χ0) is 23.7. The Bertz CT molecular complexity index is 1460. The van der Waals surface area contributed by atoms with Crippen LogP contribution in [0.2, 0.25) is 0 Å². The fourth-order valence-electron chi connectivity index (χ4n) is 3.51. The number of nitrogens with zero attached hydrogens (tertiary/aromatic N) is 3. The molecule has 1 N–H and O–H groups in total. The van der Waals surface area contributed by atoms with E-state index in [-0.39, 0.29) is 17.2 Å². The highest BCUT2D eigenvalue weighted by atomic mass is 32.2. The summed E-state index contributed by atoms with van der Waals surface area (Å²) in [4.78, 5) is 32.9. The second-order valence-electron chi connectivity index (χ2n) is 7.69. The number of nitrogens with one attached hydrogen (secondary N) is 1. The molecular weight excluding hydrogens is 472 g/mol. The molecule has 1 amide bonds. The smallest absolute Gasteiger partial charge is 0.262 e. The van der Waals surface area contributed by atoms with Crippen molar-refractivity contribution in [1.82, 2.24) is 9.55 Å². The molecule has 0 fully saturated rings. The predicted octanol–water partition coefficient (Wildman–Crippen LogP) is 5.18. The number of nitriles is 1. The maximum atomic E-state index is 12.8. The van der Waals surface area contributed by atoms with Crippen molar-refractivity contribution in [2.75, 3.05) is 11.1 Å². The molecule has 0 atom stereocenters. The summed E-state index contributed by atoms with van der Waals surface area (Å²) in [5.74, 6) is -0.151. The van der Waals surface area contributed by atoms with Crippen LogP contribution in [0.15, 0.2) is 40.3 Å². The number of fused-ring (bicyclic) bond motifs is 1. The number of thiophene rings is 2. The fraction of sp³-hybridized carbons (Fsp3) is 0.250. The Kier molecular flexibility index (Phi) is 6.70. The van der Waals surface area contributed by atoms with Gasteiger partial charge in [0.2, 0.25) is 5.91 Å². The number of carbonyl (C=O) groups excluding carboxylic acids is 1. The molecule has 0 radical (unpaired) electrons. The Balaban J connectivity index is 1.51. The van der Waals surface area contributed by atoms with Crippen molar-refractivity contribution in [2.45, 2.75) is 32.3 Å². The van der Waals surface area contributed by atoms with E-state index in [2.05, 4.69) is 16.4 Å². The first-order chi connectivity index (χ1) is 15.8. The van der Waals surface area contributed by atoms with E-state index >= 15 is 0 Å². The van der Waals surface area contributed by atoms with Crippen LogP contribution in [-0.2, 0) is 18.3 Å². The van der Waals surface area contributed by atoms with Gasteiger partial charge in [-0.3, -0.25) is 14.2 Å². The van der Waals surface area contributed by atoms with E-state index in [1.165, 1.54) is 39.0 Å². The Morgan fingerprint density at radius 3 is 2.61 bits per heavy atom. The van der Waals surface area contributed by atoms with Gasteiger partial charge in [-0.1, -0.05) is 42.1 Å². The van der Waals surface area contributed by atoms with E-state index < -0.39 is 0 Å². The van der Waals surface area contributed by atoms with Crippen LogP contribution in [0, 0.1) is 32.1 Å². The molecule has 0 spiro atoms. The number of hydrogen-bond donors (Lipinski definition) is 1. The van der Waals surface area contributed by atoms with Gasteiger partial charge in [-0.2, -0.15) is 5.26 Å². The second-order valence-corrected chi connectivity index (χ2v) is 10.9. The Morgan fingerprint density at radius 1 is 1.18 bits per heavy atom. The van der Waals surface area contributed by atoms with Gasteiger partial charge in [0.1, 0.15) is 15.9 Å². The monoisotopic (exact) mass is 494 g/mol. The molecule has 0 aliphatic rings. The SMILES string of the molecule is Cc1sc2nc(SCC(=O)Nc3sc(Cc4ccccc4)c(C)c3C#N)n(C)c(=O)c2c1C. The molecule has 3 aromatic heterocycles. The molecule has 4 rings (SSSR count). The first kappa shape index (κ1) is 23.2. The summed E-state index contributed by atoms with van der Waals surface area (Å²) < 4.78 is 1.49. The molecule has 0 unspecified atom stereocenters. The molecule has 0 bridgehead atoms. The van der Waals surface area contributed by atoms with Crippen molar-refractivity contribution in [3.05, 3.63) is 72.7 Å². The molecule has 6 nitrogen and oxygen atoms in total. The number of aromatic nitrogens is 2. The maximum absolute atomic E-state index is 12.8. The van der Waals surface area contributed by atoms with Gasteiger partial charge < -0.3 is 5.32 Å². The van der Waals surface area contributed by atoms with E-state index in [0.29, 0.717) is 32.4 Å². The van der Waals surface area contributed by atoms with Gasteiger partial charge in [-0.15, -0.1) is 22.7 Å². The number of thioether (sulfide) groups is 1. The van der Waals surface area contributed by atoms with Crippen molar-refractivity contribution in [3.8, 4) is 6.07 Å². The number of anilines is 1. The topological polar surface area (TPSA) is 87.8 Å². The highest BCUT2D eigenvalue weighted by Crippen LogP contribution is 2.34. The summed E-state index contributed by atoms with van der Waals surface area (Å²) in [6.45, 7) is 5.82. The van der Waals surface area contributed by atoms with Gasteiger partial charge >= 0.3 is 0 Å². The number of rotatable bonds is 6. The number of hydrogen-bond acceptors (Lipinski definition) is 7. The number of amides is 1. The van der Waals surface area contributed by atoms with Gasteiger partial charge in [0.15, 0.2) is 5.16 Å². The summed E-state index contributed by atoms with van der Waals surface area (Å²) in [6, 6.07) is 12.3. The van der Waals surface area contributed by atoms with Crippen LogP contribution >= 0.6 is 34.4 Å². The van der Waals surface area contributed by atoms with Crippen molar-refractivity contribution in [2.24, 2.45) is 7.05 Å². The van der Waals surface area contributed by atoms with Crippen LogP contribution in [0.25, 0.3) is 10.2 Å². The Morgan fingerprint density at radius 2 is 1.91 bits per heavy atom. The third-order valence-electron chi connectivity index (χ3n) is 5.52. The first-order valence-corrected chi connectivity index (χ1v) is 12.9. The normalized spacial score (nSPS) is 11.0. The predicted molar refractivity (Wildman–Crippen MR) is 137 cm³/mol. The second kappa shape index (κ2) is 9.51. The van der Waals surface area contributed by atoms with E-state index in [1.807, 2.05) is 51.1 Å². The van der Waals surface area contributed by atoms with Crippen LogP contribution in [0.5, 0.6) is 0 Å². The fourth-order valence-corrected chi connectivity index (χ4v) is 6.56. The van der Waals surface area contributed by atoms with Crippen LogP contribution in [-0.4, -0.2) is 21.2 Å². The number of benzene rings is 1. The van der Waals surface area contributed by atoms with Crippen molar-refractivity contribution < 1.29 is 4.79 Å². The zero-order valence-corrected chi connectivity index (χ0v) is 21.1. The Labute approximate surface area is 203 Å². The molecule has 0 saturated carbocycles. The number of carbonyl (C=O) groups is 1. The van der Waals surface area contributed by atoms with E-state index in [1.54, 1.807) is 7.05 Å². The lowest BCUT2D eigenvalue weighted by molar-refractivity contribution is -0.113. The molecule has 9 heteroatoms. The van der Waals surface area contributed by atoms with Gasteiger partial charge in [0, 0.05) is 23.2 Å². The van der Waals surface area contributed by atoms with Gasteiger partial charge in [-0.25, -0.2) is 4.98 Å². The number of aryl methyl sites for hydroxylation is 2. The highest BCUT2D eigenvalue weighted by molar-refractivity contribution is 7.99. The van der Waals surface area contributed by atoms with E-state index in [4.69, 9.17) is 0 Å². The summed E-state index contributed by atoms with van der Waals surface area (Å²) >= 11 is 4.14. The minimum Gasteiger partial charge on any atom is -0.316 e. The molecule has 0 saturated heterocycles. The van der Waals surface area contributed by atoms with E-state index in [0.717, 1.165) is 26.4 Å². The third-order valence-corrected chi connectivity index (χ3v) is 8.86. The summed E-state index contributed by atoms with van der Waals surface area (Å²) in [5.41, 5.74) is 3.41. The third kappa shape index (κ3) is 4.60. The molecule has 0 aliphatic carbocycles. The molecule has 0 aliphatic heterocycles. The van der Waals surface area contributed by atoms with Crippen molar-refractivity contribution in [3.63, 3.8) is 0 Å². The van der Waals surface area contributed by atoms with E-state index in [9.17, 15) is 14.9 Å². The van der Waals surface area contributed by atoms with Gasteiger partial charge in [0.25, 0.3) is 5.56 Å². The summed E-state index contributed by atoms with van der Waals surface area (Å²) in [6.07, 6.45) is 0.711. The van der Waals surface area contributed by atoms with Crippen LogP contribution in [0.1, 0.15) is 32.0 Å². The average Bonchev–Trinajstić information content (AvgIpc) is 3.25. The molecule has 33 heavy (non-hydrogen) atoms. The zero-order valence-electron chi connectivity index (χ0n) is 18.7. The molecule has 168 valence electrons. The summed E-state index contributed by atoms with van der Waals surface area (Å²) in [7, 11) is 1.67. The lowest BCUT2D eigenvalue weighted by atomic mass is 10.1. The minimum absolute atomic E-state index is 0.0883. The largest absolute Gasteiger partial charge is 0.316 e. The maximum Gasteiger partial charge on any atom is 0.262 e. The van der Waals surface area contributed by atoms with Gasteiger partial charge in [-0.05, 0) is 37.5 Å². The van der Waals surface area contributed by atoms with Crippen LogP contribution < -0.4 is 10.9 Å². The standard InChI is InChI=1S/C24H22N4O2S3/c1-13-15(3)32-22-20(13)23(30)28(4)24(27-22)31-12-19(29)26-21-17(11-25)14(2)18(33-21)10-16-8-6-5-7-9-16/h5-9H,10,12H2,1-4H3,(H,26,29).